The van der Waals surface area contributed by atoms with Crippen LogP contribution in [-0.2, 0) is 9.31 Å². The van der Waals surface area contributed by atoms with Gasteiger partial charge in [-0.05, 0) is 0 Å². The molecule has 0 unspecified atom stereocenters. The van der Waals surface area contributed by atoms with Crippen LogP contribution in [0, 0.1) is 0 Å². The quantitative estimate of drug-likeness (QED) is 0.226. The second kappa shape index (κ2) is 24.9. The van der Waals surface area contributed by atoms with Gasteiger partial charge in [-0.25, -0.2) is 0 Å². The van der Waals surface area contributed by atoms with Gasteiger partial charge < -0.3 is 0 Å². The van der Waals surface area contributed by atoms with Crippen molar-refractivity contribution < 1.29 is 30.1 Å². The van der Waals surface area contributed by atoms with Gasteiger partial charge in [-0.3, -0.25) is 0 Å². The first-order valence-electron chi connectivity index (χ1n) is 1.50. The summed E-state index contributed by atoms with van der Waals surface area (Å²) < 4.78 is 77.3. The first-order chi connectivity index (χ1) is 5.20. The Kier molecular flexibility index (Phi) is 53.5. The van der Waals surface area contributed by atoms with Crippen LogP contribution in [0.4, 0.5) is 0 Å². The molecule has 0 saturated carbocycles. The van der Waals surface area contributed by atoms with E-state index in [2.05, 4.69) is 0 Å². The smallest absolute Gasteiger partial charge is 3.00 e. The van der Waals surface area contributed by atoms with Crippen molar-refractivity contribution in [2.75, 3.05) is 0 Å². The van der Waals surface area contributed by atoms with E-state index in [9.17, 15) is 0 Å². The van der Waals surface area contributed by atoms with E-state index in [1.165, 1.54) is 0 Å². The predicted molar refractivity (Wildman–Crippen MR) is 30.8 cm³/mol. The maximum atomic E-state index is 8.59. The molecule has 0 amide bonds. The summed E-state index contributed by atoms with van der Waals surface area (Å²) in [6, 6.07) is 0. The van der Waals surface area contributed by atoms with Gasteiger partial charge in [-0.1, -0.05) is 0 Å². The fourth-order valence-electron chi connectivity index (χ4n) is 0. The molecular weight excluding hydrogens is 666 g/mol. The van der Waals surface area contributed by atoms with Crippen molar-refractivity contribution in [3.05, 3.63) is 0 Å². The Hall–Kier alpha value is 2.80. The van der Waals surface area contributed by atoms with Crippen LogP contribution in [0.2, 0.25) is 0 Å². The fraction of sp³-hybridized carbons (Fsp3) is 0. The van der Waals surface area contributed by atoms with Crippen LogP contribution in [0.3, 0.4) is 0 Å². The van der Waals surface area contributed by atoms with Crippen molar-refractivity contribution in [3.8, 4) is 0 Å². The van der Waals surface area contributed by atoms with Gasteiger partial charge in [-0.2, -0.15) is 0 Å². The normalized spacial score (nSPS) is 7.50. The van der Waals surface area contributed by atoms with Gasteiger partial charge in [-0.15, -0.1) is 0 Å². The van der Waals surface area contributed by atoms with Crippen LogP contribution in [0.1, 0.15) is 0 Å². The van der Waals surface area contributed by atoms with Gasteiger partial charge in [0.05, 0.1) is 0 Å². The van der Waals surface area contributed by atoms with Crippen molar-refractivity contribution in [2.45, 2.75) is 0 Å². The third-order valence-electron chi connectivity index (χ3n) is 0. The summed E-state index contributed by atoms with van der Waals surface area (Å²) in [5.74, 6) is 0. The van der Waals surface area contributed by atoms with E-state index in [4.69, 9.17) is 30.1 Å². The summed E-state index contributed by atoms with van der Waals surface area (Å²) in [7, 11) is 0. The molecule has 0 radical (unpaired) electrons. The van der Waals surface area contributed by atoms with E-state index >= 15 is 0 Å². The Morgan fingerprint density at radius 1 is 0.500 bits per heavy atom. The molecule has 0 rings (SSSR count). The fourth-order valence-corrected chi connectivity index (χ4v) is 0. The Labute approximate surface area is 129 Å². The summed E-state index contributed by atoms with van der Waals surface area (Å²) in [6.45, 7) is 0. The van der Waals surface area contributed by atoms with Gasteiger partial charge in [0, 0.05) is 0 Å². The maximum Gasteiger partial charge on any atom is 3.00 e. The van der Waals surface area contributed by atoms with Gasteiger partial charge in [0.2, 0.25) is 0 Å². The predicted octanol–water partition coefficient (Wildman–Crippen LogP) is -9.39. The molecule has 0 atom stereocenters. The standard InChI is InChI=1S/2Ga.3H2O3Te/c;;3*1-4(2)3/h;;3*(H2,1,2,3)/q2*+3;;;/p-6. The van der Waals surface area contributed by atoms with E-state index in [0.717, 1.165) is 0 Å². The van der Waals surface area contributed by atoms with Gasteiger partial charge in [0.1, 0.15) is 0 Å². The van der Waals surface area contributed by atoms with Gasteiger partial charge >= 0.3 is 131 Å². The number of hydrogen-bond donors (Lipinski definition) is 0. The molecule has 0 aliphatic rings. The SMILES string of the molecule is O=[Te]([O-])[O-].O=[Te]([O-])[O-].O=[Te]([O-])[O-].[Ga+3].[Ga+3]. The van der Waals surface area contributed by atoms with E-state index in [1.54, 1.807) is 0 Å². The van der Waals surface area contributed by atoms with Crippen LogP contribution in [0.5, 0.6) is 0 Å². The molecule has 0 aromatic carbocycles. The molecule has 0 N–H and O–H groups in total. The third kappa shape index (κ3) is 359. The summed E-state index contributed by atoms with van der Waals surface area (Å²) >= 11 is -12.3. The molecule has 0 spiro atoms. The van der Waals surface area contributed by atoms with Crippen LogP contribution >= 0.6 is 0 Å². The average molecular weight is 666 g/mol. The van der Waals surface area contributed by atoms with E-state index < -0.39 is 61.1 Å². The molecule has 0 aromatic heterocycles. The summed E-state index contributed by atoms with van der Waals surface area (Å²) in [6.07, 6.45) is 0. The van der Waals surface area contributed by atoms with Gasteiger partial charge in [0.15, 0.2) is 0 Å². The van der Waals surface area contributed by atoms with Crippen molar-refractivity contribution in [3.63, 3.8) is 0 Å². The van der Waals surface area contributed by atoms with Crippen molar-refractivity contribution in [2.24, 2.45) is 0 Å². The van der Waals surface area contributed by atoms with Crippen LogP contribution in [0.15, 0.2) is 0 Å². The van der Waals surface area contributed by atoms with E-state index in [1.807, 2.05) is 0 Å². The third-order valence-corrected chi connectivity index (χ3v) is 0. The maximum absolute atomic E-state index is 8.59. The topological polar surface area (TPSA) is 190 Å². The summed E-state index contributed by atoms with van der Waals surface area (Å²) in [5.41, 5.74) is 0. The molecule has 14 heteroatoms. The molecule has 9 nitrogen and oxygen atoms in total. The van der Waals surface area contributed by atoms with Crippen molar-refractivity contribution in [1.82, 2.24) is 0 Å². The van der Waals surface area contributed by atoms with Gasteiger partial charge in [0.25, 0.3) is 0 Å². The first kappa shape index (κ1) is 30.1. The largest absolute Gasteiger partial charge is 3.00 e. The van der Waals surface area contributed by atoms with Crippen LogP contribution in [0.25, 0.3) is 0 Å². The molecule has 0 bridgehead atoms. The average Bonchev–Trinajstić information content (AvgIpc) is 1.54. The van der Waals surface area contributed by atoms with E-state index in [0.29, 0.717) is 0 Å². The number of rotatable bonds is 0. The molecule has 14 heavy (non-hydrogen) atoms. The second-order valence-corrected chi connectivity index (χ2v) is 4.11. The summed E-state index contributed by atoms with van der Waals surface area (Å²) in [4.78, 5) is 0. The zero-order valence-electron chi connectivity index (χ0n) is 6.05. The van der Waals surface area contributed by atoms with Crippen molar-refractivity contribution in [1.29, 1.82) is 0 Å². The number of hydrogen-bond acceptors (Lipinski definition) is 9. The first-order valence-corrected chi connectivity index (χ1v) is 10.1. The second-order valence-electron chi connectivity index (χ2n) is 0.612. The Balaban J connectivity index is -0.0000000270. The van der Waals surface area contributed by atoms with Crippen LogP contribution in [-0.4, -0.2) is 101 Å². The van der Waals surface area contributed by atoms with E-state index in [-0.39, 0.29) is 39.6 Å². The molecule has 0 aromatic rings. The molecular formula is Ga2O9Te3. The minimum absolute atomic E-state index is 0. The Morgan fingerprint density at radius 2 is 0.500 bits per heavy atom. The molecule has 0 saturated heterocycles. The minimum Gasteiger partial charge on any atom is 3.00 e. The monoisotopic (exact) mass is 672 g/mol. The summed E-state index contributed by atoms with van der Waals surface area (Å²) in [5, 5.41) is 0. The molecule has 78 valence electrons. The molecule has 0 aliphatic carbocycles. The molecule has 0 fully saturated rings. The minimum atomic E-state index is -4.11. The van der Waals surface area contributed by atoms with Crippen molar-refractivity contribution >= 4 is 101 Å². The van der Waals surface area contributed by atoms with Crippen LogP contribution < -0.4 is 20.8 Å². The molecule has 0 aliphatic heterocycles. The zero-order valence-corrected chi connectivity index (χ0v) is 17.9. The Morgan fingerprint density at radius 3 is 0.500 bits per heavy atom. The molecule has 0 heterocycles. The zero-order chi connectivity index (χ0) is 10.7. The Bertz CT molecular complexity index is 116.